The Labute approximate surface area is 201 Å². The summed E-state index contributed by atoms with van der Waals surface area (Å²) in [6.07, 6.45) is 2.30. The van der Waals surface area contributed by atoms with E-state index in [9.17, 15) is 13.5 Å². The highest BCUT2D eigenvalue weighted by Gasteiger charge is 2.16. The fourth-order valence-electron chi connectivity index (χ4n) is 2.97. The molecule has 1 atom stereocenters. The van der Waals surface area contributed by atoms with Crippen LogP contribution in [-0.4, -0.2) is 43.3 Å². The van der Waals surface area contributed by atoms with Crippen molar-refractivity contribution >= 4 is 43.4 Å². The van der Waals surface area contributed by atoms with E-state index in [1.165, 1.54) is 12.1 Å². The van der Waals surface area contributed by atoms with E-state index in [1.807, 2.05) is 19.1 Å². The molecular weight excluding hydrogens is 510 g/mol. The van der Waals surface area contributed by atoms with E-state index < -0.39 is 10.0 Å². The third-order valence-corrected chi connectivity index (χ3v) is 6.82. The highest BCUT2D eigenvalue weighted by atomic mass is 79.9. The molecule has 33 heavy (non-hydrogen) atoms. The summed E-state index contributed by atoms with van der Waals surface area (Å²) in [5.74, 6) is 1.42. The number of benzene rings is 2. The second kappa shape index (κ2) is 11.4. The third-order valence-electron chi connectivity index (χ3n) is 4.84. The van der Waals surface area contributed by atoms with Gasteiger partial charge in [0.1, 0.15) is 11.6 Å². The van der Waals surface area contributed by atoms with Crippen molar-refractivity contribution in [3.05, 3.63) is 64.8 Å². The SMILES string of the molecule is CC[C@H](CO)Nc1nc(Nc2cccc(S(=O)(=O)NCc3ccccc3OC)c2)ncc1Br. The predicted molar refractivity (Wildman–Crippen MR) is 131 cm³/mol. The Morgan fingerprint density at radius 2 is 1.97 bits per heavy atom. The summed E-state index contributed by atoms with van der Waals surface area (Å²) in [5.41, 5.74) is 1.24. The van der Waals surface area contributed by atoms with E-state index in [4.69, 9.17) is 4.74 Å². The van der Waals surface area contributed by atoms with Crippen molar-refractivity contribution in [3.63, 3.8) is 0 Å². The van der Waals surface area contributed by atoms with Gasteiger partial charge in [0.15, 0.2) is 0 Å². The molecule has 1 heterocycles. The second-order valence-corrected chi connectivity index (χ2v) is 9.73. The first kappa shape index (κ1) is 24.9. The lowest BCUT2D eigenvalue weighted by atomic mass is 10.2. The zero-order valence-electron chi connectivity index (χ0n) is 18.2. The van der Waals surface area contributed by atoms with Gasteiger partial charge in [0.25, 0.3) is 0 Å². The van der Waals surface area contributed by atoms with Crippen molar-refractivity contribution in [2.45, 2.75) is 30.8 Å². The Morgan fingerprint density at radius 3 is 2.70 bits per heavy atom. The van der Waals surface area contributed by atoms with Crippen LogP contribution in [0.1, 0.15) is 18.9 Å². The molecule has 0 bridgehead atoms. The number of ether oxygens (including phenoxy) is 1. The number of aliphatic hydroxyl groups is 1. The van der Waals surface area contributed by atoms with E-state index in [2.05, 4.69) is 41.3 Å². The fraction of sp³-hybridized carbons (Fsp3) is 0.273. The largest absolute Gasteiger partial charge is 0.496 e. The van der Waals surface area contributed by atoms with Crippen molar-refractivity contribution < 1.29 is 18.3 Å². The van der Waals surface area contributed by atoms with Gasteiger partial charge in [-0.3, -0.25) is 0 Å². The summed E-state index contributed by atoms with van der Waals surface area (Å²) in [6.45, 7) is 2.02. The number of sulfonamides is 1. The quantitative estimate of drug-likeness (QED) is 0.293. The molecule has 0 saturated carbocycles. The van der Waals surface area contributed by atoms with Crippen LogP contribution in [0, 0.1) is 0 Å². The number of para-hydroxylation sites is 1. The van der Waals surface area contributed by atoms with E-state index in [0.717, 1.165) is 12.0 Å². The normalized spacial score (nSPS) is 12.2. The number of nitrogens with one attached hydrogen (secondary N) is 3. The molecule has 11 heteroatoms. The Morgan fingerprint density at radius 1 is 1.18 bits per heavy atom. The number of aromatic nitrogens is 2. The Kier molecular flexibility index (Phi) is 8.61. The van der Waals surface area contributed by atoms with E-state index >= 15 is 0 Å². The lowest BCUT2D eigenvalue weighted by molar-refractivity contribution is 0.271. The smallest absolute Gasteiger partial charge is 0.240 e. The van der Waals surface area contributed by atoms with Crippen molar-refractivity contribution in [2.24, 2.45) is 0 Å². The van der Waals surface area contributed by atoms with Crippen LogP contribution < -0.4 is 20.1 Å². The first-order valence-electron chi connectivity index (χ1n) is 10.2. The van der Waals surface area contributed by atoms with Crippen molar-refractivity contribution in [1.29, 1.82) is 0 Å². The van der Waals surface area contributed by atoms with Gasteiger partial charge in [-0.15, -0.1) is 0 Å². The second-order valence-electron chi connectivity index (χ2n) is 7.11. The monoisotopic (exact) mass is 535 g/mol. The average Bonchev–Trinajstić information content (AvgIpc) is 2.83. The van der Waals surface area contributed by atoms with Crippen LogP contribution in [0.4, 0.5) is 17.5 Å². The summed E-state index contributed by atoms with van der Waals surface area (Å²) >= 11 is 3.39. The fourth-order valence-corrected chi connectivity index (χ4v) is 4.33. The van der Waals surface area contributed by atoms with E-state index in [-0.39, 0.29) is 30.0 Å². The molecule has 4 N–H and O–H groups in total. The number of hydrogen-bond acceptors (Lipinski definition) is 8. The van der Waals surface area contributed by atoms with Crippen molar-refractivity contribution in [2.75, 3.05) is 24.4 Å². The van der Waals surface area contributed by atoms with Gasteiger partial charge < -0.3 is 20.5 Å². The zero-order valence-corrected chi connectivity index (χ0v) is 20.6. The molecule has 0 aliphatic rings. The third kappa shape index (κ3) is 6.64. The van der Waals surface area contributed by atoms with Gasteiger partial charge in [0, 0.05) is 24.0 Å². The molecule has 0 radical (unpaired) electrons. The van der Waals surface area contributed by atoms with Crippen LogP contribution in [0.25, 0.3) is 0 Å². The summed E-state index contributed by atoms with van der Waals surface area (Å²) < 4.78 is 34.2. The van der Waals surface area contributed by atoms with Crippen molar-refractivity contribution in [1.82, 2.24) is 14.7 Å². The lowest BCUT2D eigenvalue weighted by Crippen LogP contribution is -2.24. The van der Waals surface area contributed by atoms with E-state index in [1.54, 1.807) is 37.6 Å². The van der Waals surface area contributed by atoms with Gasteiger partial charge in [-0.05, 0) is 46.6 Å². The first-order valence-corrected chi connectivity index (χ1v) is 12.5. The predicted octanol–water partition coefficient (Wildman–Crippen LogP) is 3.65. The molecule has 0 fully saturated rings. The molecule has 0 saturated heterocycles. The maximum atomic E-state index is 12.8. The van der Waals surface area contributed by atoms with Gasteiger partial charge in [-0.2, -0.15) is 4.98 Å². The molecule has 9 nitrogen and oxygen atoms in total. The molecule has 0 aliphatic carbocycles. The minimum Gasteiger partial charge on any atom is -0.496 e. The highest BCUT2D eigenvalue weighted by molar-refractivity contribution is 9.10. The Bertz CT molecular complexity index is 1190. The molecule has 0 amide bonds. The van der Waals surface area contributed by atoms with Gasteiger partial charge >= 0.3 is 0 Å². The summed E-state index contributed by atoms with van der Waals surface area (Å²) in [6, 6.07) is 13.5. The van der Waals surface area contributed by atoms with Gasteiger partial charge in [0.05, 0.1) is 29.1 Å². The van der Waals surface area contributed by atoms with Crippen LogP contribution >= 0.6 is 15.9 Å². The first-order chi connectivity index (χ1) is 15.9. The number of aliphatic hydroxyl groups excluding tert-OH is 1. The molecule has 176 valence electrons. The molecule has 3 rings (SSSR count). The number of anilines is 3. The Hall–Kier alpha value is -2.73. The molecule has 3 aromatic rings. The number of rotatable bonds is 11. The summed E-state index contributed by atoms with van der Waals surface area (Å²) in [7, 11) is -2.23. The van der Waals surface area contributed by atoms with Gasteiger partial charge in [-0.25, -0.2) is 18.1 Å². The topological polar surface area (TPSA) is 125 Å². The summed E-state index contributed by atoms with van der Waals surface area (Å²) in [4.78, 5) is 8.75. The molecule has 1 aromatic heterocycles. The molecule has 0 aliphatic heterocycles. The van der Waals surface area contributed by atoms with Gasteiger partial charge in [0.2, 0.25) is 16.0 Å². The molecule has 0 spiro atoms. The van der Waals surface area contributed by atoms with Crippen LogP contribution in [-0.2, 0) is 16.6 Å². The van der Waals surface area contributed by atoms with Crippen molar-refractivity contribution in [3.8, 4) is 5.75 Å². The minimum atomic E-state index is -3.77. The molecule has 0 unspecified atom stereocenters. The molecule has 2 aromatic carbocycles. The zero-order chi connectivity index (χ0) is 23.8. The molecular formula is C22H26BrN5O4S. The highest BCUT2D eigenvalue weighted by Crippen LogP contribution is 2.24. The maximum absolute atomic E-state index is 12.8. The number of methoxy groups -OCH3 is 1. The average molecular weight is 536 g/mol. The number of hydrogen-bond donors (Lipinski definition) is 4. The van der Waals surface area contributed by atoms with Crippen LogP contribution in [0.5, 0.6) is 5.75 Å². The summed E-state index contributed by atoms with van der Waals surface area (Å²) in [5, 5.41) is 15.6. The number of halogens is 1. The van der Waals surface area contributed by atoms with Crippen LogP contribution in [0.15, 0.2) is 64.1 Å². The van der Waals surface area contributed by atoms with Gasteiger partial charge in [-0.1, -0.05) is 31.2 Å². The lowest BCUT2D eigenvalue weighted by Gasteiger charge is -2.16. The maximum Gasteiger partial charge on any atom is 0.240 e. The minimum absolute atomic E-state index is 0.0303. The Balaban J connectivity index is 1.75. The van der Waals surface area contributed by atoms with Crippen LogP contribution in [0.2, 0.25) is 0 Å². The van der Waals surface area contributed by atoms with E-state index in [0.29, 0.717) is 21.7 Å². The number of nitrogens with zero attached hydrogens (tertiary/aromatic N) is 2. The standard InChI is InChI=1S/C22H26BrN5O4S/c1-3-16(14-29)26-21-19(23)13-24-22(28-21)27-17-8-6-9-18(11-17)33(30,31)25-12-15-7-4-5-10-20(15)32-2/h4-11,13,16,25,29H,3,12,14H2,1-2H3,(H2,24,26,27,28)/t16-/m1/s1. The van der Waals surface area contributed by atoms with Crippen LogP contribution in [0.3, 0.4) is 0 Å².